The first-order valence-electron chi connectivity index (χ1n) is 8.27. The predicted molar refractivity (Wildman–Crippen MR) is 82.9 cm³/mol. The highest BCUT2D eigenvalue weighted by Gasteiger charge is 2.32. The Balaban J connectivity index is 1.76. The van der Waals surface area contributed by atoms with Gasteiger partial charge < -0.3 is 15.4 Å². The number of benzene rings is 1. The number of carbonyl (C=O) groups is 1. The van der Waals surface area contributed by atoms with Crippen molar-refractivity contribution in [3.05, 3.63) is 29.3 Å². The van der Waals surface area contributed by atoms with Crippen molar-refractivity contribution >= 4 is 5.91 Å². The van der Waals surface area contributed by atoms with Crippen molar-refractivity contribution in [2.45, 2.75) is 43.8 Å². The number of halogens is 3. The molecule has 1 amide bonds. The summed E-state index contributed by atoms with van der Waals surface area (Å²) in [7, 11) is 0. The van der Waals surface area contributed by atoms with E-state index in [1.54, 1.807) is 0 Å². The molecular weight excluding hydrogens is 321 g/mol. The average Bonchev–Trinajstić information content (AvgIpc) is 3.36. The number of ether oxygens (including phenoxy) is 1. The Morgan fingerprint density at radius 1 is 1.21 bits per heavy atom. The molecule has 4 nitrogen and oxygen atoms in total. The van der Waals surface area contributed by atoms with E-state index in [2.05, 4.69) is 10.6 Å². The number of piperidine rings is 1. The van der Waals surface area contributed by atoms with Crippen LogP contribution in [0.5, 0.6) is 5.75 Å². The minimum absolute atomic E-state index is 0.00930. The molecule has 132 valence electrons. The molecule has 0 bridgehead atoms. The van der Waals surface area contributed by atoms with Crippen LogP contribution in [0.2, 0.25) is 0 Å². The number of nitrogens with one attached hydrogen (secondary N) is 2. The minimum Gasteiger partial charge on any atom is -0.483 e. The van der Waals surface area contributed by atoms with Crippen molar-refractivity contribution in [3.8, 4) is 5.75 Å². The zero-order chi connectivity index (χ0) is 17.2. The zero-order valence-corrected chi connectivity index (χ0v) is 13.3. The van der Waals surface area contributed by atoms with E-state index < -0.39 is 11.7 Å². The third-order valence-corrected chi connectivity index (χ3v) is 4.42. The monoisotopic (exact) mass is 342 g/mol. The summed E-state index contributed by atoms with van der Waals surface area (Å²) in [5.74, 6) is 0.157. The number of carbonyl (C=O) groups excluding carboxylic acids is 1. The average molecular weight is 342 g/mol. The lowest BCUT2D eigenvalue weighted by atomic mass is 9.88. The second-order valence-corrected chi connectivity index (χ2v) is 6.41. The smallest absolute Gasteiger partial charge is 0.416 e. The molecule has 2 fully saturated rings. The van der Waals surface area contributed by atoms with Gasteiger partial charge in [0.05, 0.1) is 5.56 Å². The Morgan fingerprint density at radius 3 is 2.54 bits per heavy atom. The van der Waals surface area contributed by atoms with Crippen LogP contribution in [0.1, 0.15) is 42.7 Å². The highest BCUT2D eigenvalue weighted by atomic mass is 19.4. The van der Waals surface area contributed by atoms with Crippen LogP contribution in [0.25, 0.3) is 0 Å². The van der Waals surface area contributed by atoms with Gasteiger partial charge in [-0.1, -0.05) is 0 Å². The Labute approximate surface area is 138 Å². The molecule has 0 atom stereocenters. The van der Waals surface area contributed by atoms with Gasteiger partial charge in [0.2, 0.25) is 0 Å². The number of amides is 1. The first kappa shape index (κ1) is 17.1. The van der Waals surface area contributed by atoms with Crippen molar-refractivity contribution in [3.63, 3.8) is 0 Å². The number of rotatable bonds is 5. The van der Waals surface area contributed by atoms with E-state index in [4.69, 9.17) is 4.74 Å². The lowest BCUT2D eigenvalue weighted by molar-refractivity contribution is -0.137. The first-order valence-corrected chi connectivity index (χ1v) is 8.27. The zero-order valence-electron chi connectivity index (χ0n) is 13.3. The van der Waals surface area contributed by atoms with Crippen LogP contribution in [0.4, 0.5) is 13.2 Å². The Morgan fingerprint density at radius 2 is 1.92 bits per heavy atom. The van der Waals surface area contributed by atoms with Crippen molar-refractivity contribution < 1.29 is 22.7 Å². The minimum atomic E-state index is -4.39. The van der Waals surface area contributed by atoms with Crippen LogP contribution in [0, 0.1) is 0 Å². The molecule has 1 saturated heterocycles. The van der Waals surface area contributed by atoms with Crippen molar-refractivity contribution in [1.29, 1.82) is 0 Å². The fraction of sp³-hybridized carbons (Fsp3) is 0.588. The molecule has 1 aromatic carbocycles. The summed E-state index contributed by atoms with van der Waals surface area (Å²) < 4.78 is 44.6. The van der Waals surface area contributed by atoms with Gasteiger partial charge in [0, 0.05) is 6.04 Å². The van der Waals surface area contributed by atoms with E-state index in [1.165, 1.54) is 12.1 Å². The maximum absolute atomic E-state index is 13.0. The van der Waals surface area contributed by atoms with Gasteiger partial charge in [-0.15, -0.1) is 0 Å². The number of hydrogen-bond donors (Lipinski definition) is 2. The molecule has 3 rings (SSSR count). The highest BCUT2D eigenvalue weighted by Crippen LogP contribution is 2.38. The number of hydrogen-bond acceptors (Lipinski definition) is 3. The molecule has 0 spiro atoms. The highest BCUT2D eigenvalue weighted by molar-refractivity contribution is 5.78. The molecule has 1 aliphatic heterocycles. The summed E-state index contributed by atoms with van der Waals surface area (Å²) in [5.41, 5.74) is -0.128. The lowest BCUT2D eigenvalue weighted by Crippen LogP contribution is -2.31. The largest absolute Gasteiger partial charge is 0.483 e. The predicted octanol–water partition coefficient (Wildman–Crippen LogP) is 2.83. The fourth-order valence-corrected chi connectivity index (χ4v) is 2.95. The molecule has 0 radical (unpaired) electrons. The molecule has 2 aliphatic rings. The Kier molecular flexibility index (Phi) is 4.99. The molecule has 1 saturated carbocycles. The maximum Gasteiger partial charge on any atom is 0.416 e. The van der Waals surface area contributed by atoms with Crippen LogP contribution in [0.3, 0.4) is 0 Å². The SMILES string of the molecule is O=C(COc1ccc(C(F)(F)F)cc1C1CCNCC1)NC1CC1. The third-order valence-electron chi connectivity index (χ3n) is 4.42. The molecule has 0 unspecified atom stereocenters. The van der Waals surface area contributed by atoms with E-state index >= 15 is 0 Å². The summed E-state index contributed by atoms with van der Waals surface area (Å²) in [4.78, 5) is 11.8. The van der Waals surface area contributed by atoms with E-state index in [-0.39, 0.29) is 24.5 Å². The molecule has 1 heterocycles. The third kappa shape index (κ3) is 4.41. The van der Waals surface area contributed by atoms with Crippen molar-refractivity contribution in [1.82, 2.24) is 10.6 Å². The van der Waals surface area contributed by atoms with Gasteiger partial charge in [0.15, 0.2) is 6.61 Å². The van der Waals surface area contributed by atoms with Crippen LogP contribution in [0.15, 0.2) is 18.2 Å². The van der Waals surface area contributed by atoms with Crippen LogP contribution >= 0.6 is 0 Å². The molecule has 0 aromatic heterocycles. The molecule has 1 aliphatic carbocycles. The van der Waals surface area contributed by atoms with Gasteiger partial charge in [-0.2, -0.15) is 13.2 Å². The summed E-state index contributed by atoms with van der Waals surface area (Å²) >= 11 is 0. The fourth-order valence-electron chi connectivity index (χ4n) is 2.95. The van der Waals surface area contributed by atoms with Gasteiger partial charge in [0.25, 0.3) is 5.91 Å². The maximum atomic E-state index is 13.0. The quantitative estimate of drug-likeness (QED) is 0.865. The van der Waals surface area contributed by atoms with Gasteiger partial charge in [-0.05, 0) is 68.5 Å². The van der Waals surface area contributed by atoms with Crippen LogP contribution < -0.4 is 15.4 Å². The van der Waals surface area contributed by atoms with Crippen molar-refractivity contribution in [2.75, 3.05) is 19.7 Å². The van der Waals surface area contributed by atoms with Gasteiger partial charge in [-0.3, -0.25) is 4.79 Å². The molecule has 2 N–H and O–H groups in total. The Bertz CT molecular complexity index is 594. The van der Waals surface area contributed by atoms with Gasteiger partial charge in [-0.25, -0.2) is 0 Å². The standard InChI is InChI=1S/C17H21F3N2O2/c18-17(19,20)12-1-4-15(24-10-16(23)22-13-2-3-13)14(9-12)11-5-7-21-8-6-11/h1,4,9,11,13,21H,2-3,5-8,10H2,(H,22,23). The van der Waals surface area contributed by atoms with Gasteiger partial charge in [0.1, 0.15) is 5.75 Å². The summed E-state index contributed by atoms with van der Waals surface area (Å²) in [6, 6.07) is 3.76. The van der Waals surface area contributed by atoms with Gasteiger partial charge >= 0.3 is 6.18 Å². The van der Waals surface area contributed by atoms with E-state index in [0.29, 0.717) is 11.3 Å². The summed E-state index contributed by atoms with van der Waals surface area (Å²) in [5, 5.41) is 6.01. The van der Waals surface area contributed by atoms with Crippen LogP contribution in [-0.4, -0.2) is 31.6 Å². The Hall–Kier alpha value is -1.76. The first-order chi connectivity index (χ1) is 11.4. The molecule has 7 heteroatoms. The molecule has 1 aromatic rings. The molecule has 24 heavy (non-hydrogen) atoms. The second kappa shape index (κ2) is 7.01. The summed E-state index contributed by atoms with van der Waals surface area (Å²) in [6.07, 6.45) is -0.917. The van der Waals surface area contributed by atoms with E-state index in [1.807, 2.05) is 0 Å². The van der Waals surface area contributed by atoms with E-state index in [0.717, 1.165) is 44.8 Å². The van der Waals surface area contributed by atoms with Crippen LogP contribution in [-0.2, 0) is 11.0 Å². The topological polar surface area (TPSA) is 50.4 Å². The second-order valence-electron chi connectivity index (χ2n) is 6.41. The van der Waals surface area contributed by atoms with E-state index in [9.17, 15) is 18.0 Å². The normalized spacial score (nSPS) is 19.1. The van der Waals surface area contributed by atoms with Crippen molar-refractivity contribution in [2.24, 2.45) is 0 Å². The molecular formula is C17H21F3N2O2. The lowest BCUT2D eigenvalue weighted by Gasteiger charge is -2.25. The number of alkyl halides is 3. The summed E-state index contributed by atoms with van der Waals surface area (Å²) in [6.45, 7) is 1.37.